The smallest absolute Gasteiger partial charge is 0.309 e. The van der Waals surface area contributed by atoms with Gasteiger partial charge in [-0.2, -0.15) is 4.31 Å². The Morgan fingerprint density at radius 3 is 2.56 bits per heavy atom. The van der Waals surface area contributed by atoms with E-state index >= 15 is 0 Å². The number of nitrogens with zero attached hydrogens (tertiary/aromatic N) is 3. The number of sulfonamides is 1. The number of carbonyl (C=O) groups is 3. The van der Waals surface area contributed by atoms with Gasteiger partial charge in [0.2, 0.25) is 15.9 Å². The van der Waals surface area contributed by atoms with E-state index in [1.54, 1.807) is 24.3 Å². The highest BCUT2D eigenvalue weighted by molar-refractivity contribution is 7.89. The summed E-state index contributed by atoms with van der Waals surface area (Å²) in [6, 6.07) is 9.91. The van der Waals surface area contributed by atoms with Crippen molar-refractivity contribution in [2.75, 3.05) is 36.5 Å². The molecule has 0 spiro atoms. The molecule has 2 aliphatic rings. The molecule has 1 N–H and O–H groups in total. The minimum absolute atomic E-state index is 0.0330. The van der Waals surface area contributed by atoms with Crippen molar-refractivity contribution in [3.63, 3.8) is 0 Å². The number of hydrogen-bond donors (Lipinski definition) is 1. The van der Waals surface area contributed by atoms with Crippen LogP contribution in [0.1, 0.15) is 12.8 Å². The van der Waals surface area contributed by atoms with Crippen molar-refractivity contribution in [3.8, 4) is 0 Å². The number of amides is 2. The standard InChI is InChI=1S/C22H21ClN4O8S/c23-16-6-5-15(27(31)32)11-19(16)36(33,34)25-9-7-14(8-10-25)22(30)35-13-21(29)26-12-20(28)24-17-3-1-2-4-18(17)26/h1-6,11,14H,7-10,12-13H2,(H,24,28). The first-order valence-electron chi connectivity index (χ1n) is 10.9. The first-order chi connectivity index (χ1) is 17.1. The van der Waals surface area contributed by atoms with E-state index in [9.17, 15) is 32.9 Å². The molecule has 36 heavy (non-hydrogen) atoms. The predicted molar refractivity (Wildman–Crippen MR) is 128 cm³/mol. The maximum atomic E-state index is 13.0. The Bertz CT molecular complexity index is 1340. The summed E-state index contributed by atoms with van der Waals surface area (Å²) in [6.07, 6.45) is 0.265. The average molecular weight is 537 g/mol. The summed E-state index contributed by atoms with van der Waals surface area (Å²) in [4.78, 5) is 48.3. The number of benzene rings is 2. The summed E-state index contributed by atoms with van der Waals surface area (Å²) < 4.78 is 32.3. The third-order valence-corrected chi connectivity index (χ3v) is 8.32. The van der Waals surface area contributed by atoms with E-state index < -0.39 is 45.0 Å². The van der Waals surface area contributed by atoms with E-state index in [0.29, 0.717) is 11.4 Å². The number of hydrogen-bond acceptors (Lipinski definition) is 8. The highest BCUT2D eigenvalue weighted by Crippen LogP contribution is 2.32. The fraction of sp³-hybridized carbons (Fsp3) is 0.318. The molecule has 2 aliphatic heterocycles. The maximum absolute atomic E-state index is 13.0. The van der Waals surface area contributed by atoms with Gasteiger partial charge in [-0.3, -0.25) is 29.4 Å². The number of fused-ring (bicyclic) bond motifs is 1. The summed E-state index contributed by atoms with van der Waals surface area (Å²) in [5.41, 5.74) is 0.567. The lowest BCUT2D eigenvalue weighted by atomic mass is 9.98. The van der Waals surface area contributed by atoms with Gasteiger partial charge in [0.05, 0.1) is 27.2 Å². The van der Waals surface area contributed by atoms with Crippen molar-refractivity contribution in [3.05, 3.63) is 57.6 Å². The van der Waals surface area contributed by atoms with Crippen LogP contribution < -0.4 is 10.2 Å². The van der Waals surface area contributed by atoms with E-state index in [0.717, 1.165) is 22.5 Å². The van der Waals surface area contributed by atoms with Crippen molar-refractivity contribution < 1.29 is 32.5 Å². The Kier molecular flexibility index (Phi) is 7.24. The summed E-state index contributed by atoms with van der Waals surface area (Å²) >= 11 is 6.00. The second-order valence-corrected chi connectivity index (χ2v) is 10.5. The fourth-order valence-corrected chi connectivity index (χ4v) is 6.02. The summed E-state index contributed by atoms with van der Waals surface area (Å²) in [5, 5.41) is 13.5. The van der Waals surface area contributed by atoms with Crippen LogP contribution in [0.15, 0.2) is 47.4 Å². The highest BCUT2D eigenvalue weighted by Gasteiger charge is 2.35. The number of halogens is 1. The molecule has 0 saturated carbocycles. The Morgan fingerprint density at radius 1 is 1.17 bits per heavy atom. The molecule has 190 valence electrons. The number of rotatable bonds is 6. The minimum atomic E-state index is -4.13. The molecule has 2 amide bonds. The van der Waals surface area contributed by atoms with Crippen LogP contribution in [0.3, 0.4) is 0 Å². The van der Waals surface area contributed by atoms with E-state index in [1.165, 1.54) is 4.90 Å². The molecule has 0 radical (unpaired) electrons. The van der Waals surface area contributed by atoms with Crippen molar-refractivity contribution >= 4 is 56.5 Å². The topological polar surface area (TPSA) is 156 Å². The van der Waals surface area contributed by atoms with Gasteiger partial charge < -0.3 is 10.1 Å². The lowest BCUT2D eigenvalue weighted by Gasteiger charge is -2.31. The number of non-ortho nitro benzene ring substituents is 1. The third-order valence-electron chi connectivity index (χ3n) is 5.94. The molecular weight excluding hydrogens is 516 g/mol. The first-order valence-corrected chi connectivity index (χ1v) is 12.7. The van der Waals surface area contributed by atoms with Crippen molar-refractivity contribution in [2.24, 2.45) is 5.92 Å². The molecule has 0 bridgehead atoms. The van der Waals surface area contributed by atoms with E-state index in [2.05, 4.69) is 5.32 Å². The first kappa shape index (κ1) is 25.5. The molecule has 2 heterocycles. The number of ether oxygens (including phenoxy) is 1. The number of nitro groups is 1. The van der Waals surface area contributed by atoms with Crippen molar-refractivity contribution in [2.45, 2.75) is 17.7 Å². The van der Waals surface area contributed by atoms with Crippen molar-refractivity contribution in [1.82, 2.24) is 4.31 Å². The summed E-state index contributed by atoms with van der Waals surface area (Å²) in [6.45, 7) is -0.838. The number of esters is 1. The SMILES string of the molecule is O=C1CN(C(=O)COC(=O)C2CCN(S(=O)(=O)c3cc([N+](=O)[O-])ccc3Cl)CC2)c2ccccc2N1. The minimum Gasteiger partial charge on any atom is -0.455 e. The molecule has 1 fully saturated rings. The zero-order valence-electron chi connectivity index (χ0n) is 18.8. The van der Waals surface area contributed by atoms with E-state index in [-0.39, 0.29) is 48.3 Å². The molecule has 0 atom stereocenters. The van der Waals surface area contributed by atoms with Gasteiger partial charge in [0.25, 0.3) is 11.6 Å². The Labute approximate surface area is 211 Å². The van der Waals surface area contributed by atoms with Crippen LogP contribution in [0.25, 0.3) is 0 Å². The van der Waals surface area contributed by atoms with E-state index in [4.69, 9.17) is 16.3 Å². The van der Waals surface area contributed by atoms with Crippen LogP contribution >= 0.6 is 11.6 Å². The zero-order valence-corrected chi connectivity index (χ0v) is 20.3. The van der Waals surface area contributed by atoms with Gasteiger partial charge in [0, 0.05) is 25.2 Å². The number of nitro benzene ring substituents is 1. The van der Waals surface area contributed by atoms with Crippen LogP contribution in [0.4, 0.5) is 17.1 Å². The highest BCUT2D eigenvalue weighted by atomic mass is 35.5. The second kappa shape index (κ2) is 10.2. The van der Waals surface area contributed by atoms with Gasteiger partial charge in [0.15, 0.2) is 6.61 Å². The van der Waals surface area contributed by atoms with Gasteiger partial charge in [-0.15, -0.1) is 0 Å². The van der Waals surface area contributed by atoms with Gasteiger partial charge in [-0.05, 0) is 31.0 Å². The van der Waals surface area contributed by atoms with Crippen LogP contribution in [-0.2, 0) is 29.1 Å². The molecular formula is C22H21ClN4O8S. The molecule has 2 aromatic rings. The van der Waals surface area contributed by atoms with Crippen LogP contribution in [0, 0.1) is 16.0 Å². The Hall–Kier alpha value is -3.55. The van der Waals surface area contributed by atoms with Gasteiger partial charge in [0.1, 0.15) is 11.4 Å². The van der Waals surface area contributed by atoms with Crippen molar-refractivity contribution in [1.29, 1.82) is 0 Å². The quantitative estimate of drug-likeness (QED) is 0.334. The second-order valence-electron chi connectivity index (χ2n) is 8.20. The van der Waals surface area contributed by atoms with Gasteiger partial charge >= 0.3 is 5.97 Å². The third kappa shape index (κ3) is 5.17. The number of para-hydroxylation sites is 2. The van der Waals surface area contributed by atoms with Crippen LogP contribution in [-0.4, -0.2) is 61.7 Å². The lowest BCUT2D eigenvalue weighted by Crippen LogP contribution is -2.44. The largest absolute Gasteiger partial charge is 0.455 e. The van der Waals surface area contributed by atoms with Crippen LogP contribution in [0.5, 0.6) is 0 Å². The Balaban J connectivity index is 1.35. The summed E-state index contributed by atoms with van der Waals surface area (Å²) in [7, 11) is -4.13. The Morgan fingerprint density at radius 2 is 1.86 bits per heavy atom. The molecule has 12 nitrogen and oxygen atoms in total. The molecule has 4 rings (SSSR count). The summed E-state index contributed by atoms with van der Waals surface area (Å²) in [5.74, 6) is -2.22. The number of carbonyl (C=O) groups excluding carboxylic acids is 3. The lowest BCUT2D eigenvalue weighted by molar-refractivity contribution is -0.385. The number of nitrogens with one attached hydrogen (secondary N) is 1. The van der Waals surface area contributed by atoms with Gasteiger partial charge in [-0.1, -0.05) is 23.7 Å². The normalized spacial score (nSPS) is 16.7. The molecule has 0 aliphatic carbocycles. The van der Waals surface area contributed by atoms with E-state index in [1.807, 2.05) is 0 Å². The fourth-order valence-electron chi connectivity index (χ4n) is 4.06. The van der Waals surface area contributed by atoms with Gasteiger partial charge in [-0.25, -0.2) is 8.42 Å². The number of piperidine rings is 1. The molecule has 14 heteroatoms. The zero-order chi connectivity index (χ0) is 26.0. The predicted octanol–water partition coefficient (Wildman–Crippen LogP) is 2.18. The molecule has 1 saturated heterocycles. The average Bonchev–Trinajstić information content (AvgIpc) is 2.86. The molecule has 0 aromatic heterocycles. The molecule has 0 unspecified atom stereocenters. The monoisotopic (exact) mass is 536 g/mol. The number of anilines is 2. The van der Waals surface area contributed by atoms with Crippen LogP contribution in [0.2, 0.25) is 5.02 Å². The molecule has 2 aromatic carbocycles. The maximum Gasteiger partial charge on any atom is 0.309 e.